The van der Waals surface area contributed by atoms with Crippen LogP contribution in [0.4, 0.5) is 0 Å². The van der Waals surface area contributed by atoms with Gasteiger partial charge < -0.3 is 4.90 Å². The Labute approximate surface area is 103 Å². The molecule has 0 aromatic heterocycles. The van der Waals surface area contributed by atoms with Crippen LogP contribution < -0.4 is 0 Å². The molecule has 1 unspecified atom stereocenters. The molecule has 16 heavy (non-hydrogen) atoms. The first-order valence-electron chi connectivity index (χ1n) is 7.55. The summed E-state index contributed by atoms with van der Waals surface area (Å²) in [6, 6.07) is 0. The SMILES string of the molecule is CCCCCCCCCCN1CCC(C)C1. The van der Waals surface area contributed by atoms with E-state index in [1.54, 1.807) is 0 Å². The Balaban J connectivity index is 1.78. The van der Waals surface area contributed by atoms with Crippen molar-refractivity contribution in [2.75, 3.05) is 19.6 Å². The molecule has 1 aliphatic rings. The maximum absolute atomic E-state index is 2.65. The van der Waals surface area contributed by atoms with Gasteiger partial charge in [-0.15, -0.1) is 0 Å². The number of likely N-dealkylation sites (tertiary alicyclic amines) is 1. The van der Waals surface area contributed by atoms with Gasteiger partial charge in [0.15, 0.2) is 0 Å². The smallest absolute Gasteiger partial charge is 0.000750 e. The topological polar surface area (TPSA) is 3.24 Å². The van der Waals surface area contributed by atoms with Crippen molar-refractivity contribution in [2.45, 2.75) is 71.6 Å². The van der Waals surface area contributed by atoms with Gasteiger partial charge in [-0.05, 0) is 31.8 Å². The van der Waals surface area contributed by atoms with E-state index in [2.05, 4.69) is 18.7 Å². The minimum Gasteiger partial charge on any atom is -0.303 e. The van der Waals surface area contributed by atoms with Crippen LogP contribution in [-0.2, 0) is 0 Å². The van der Waals surface area contributed by atoms with Gasteiger partial charge in [0.05, 0.1) is 0 Å². The van der Waals surface area contributed by atoms with Crippen molar-refractivity contribution in [3.05, 3.63) is 0 Å². The highest BCUT2D eigenvalue weighted by molar-refractivity contribution is 4.71. The lowest BCUT2D eigenvalue weighted by atomic mass is 10.1. The molecule has 1 heteroatoms. The van der Waals surface area contributed by atoms with Gasteiger partial charge in [-0.25, -0.2) is 0 Å². The molecule has 1 saturated heterocycles. The Bertz CT molecular complexity index is 156. The summed E-state index contributed by atoms with van der Waals surface area (Å²) in [6.07, 6.45) is 13.0. The summed E-state index contributed by atoms with van der Waals surface area (Å²) < 4.78 is 0. The third-order valence-electron chi connectivity index (χ3n) is 3.84. The Morgan fingerprint density at radius 2 is 1.56 bits per heavy atom. The lowest BCUT2D eigenvalue weighted by Gasteiger charge is -2.14. The van der Waals surface area contributed by atoms with Gasteiger partial charge in [0.1, 0.15) is 0 Å². The number of hydrogen-bond donors (Lipinski definition) is 0. The average molecular weight is 225 g/mol. The molecule has 0 spiro atoms. The van der Waals surface area contributed by atoms with E-state index in [-0.39, 0.29) is 0 Å². The molecule has 1 heterocycles. The van der Waals surface area contributed by atoms with Gasteiger partial charge in [-0.3, -0.25) is 0 Å². The second kappa shape index (κ2) is 9.04. The number of unbranched alkanes of at least 4 members (excludes halogenated alkanes) is 7. The highest BCUT2D eigenvalue weighted by atomic mass is 15.1. The van der Waals surface area contributed by atoms with Crippen molar-refractivity contribution in [1.82, 2.24) is 4.90 Å². The van der Waals surface area contributed by atoms with Crippen LogP contribution in [0.1, 0.15) is 71.6 Å². The fraction of sp³-hybridized carbons (Fsp3) is 1.00. The summed E-state index contributed by atoms with van der Waals surface area (Å²) in [5.41, 5.74) is 0. The Morgan fingerprint density at radius 1 is 0.938 bits per heavy atom. The Hall–Kier alpha value is -0.0400. The summed E-state index contributed by atoms with van der Waals surface area (Å²) in [4.78, 5) is 2.65. The lowest BCUT2D eigenvalue weighted by Crippen LogP contribution is -2.21. The normalized spacial score (nSPS) is 21.8. The molecular formula is C15H31N. The lowest BCUT2D eigenvalue weighted by molar-refractivity contribution is 0.317. The fourth-order valence-electron chi connectivity index (χ4n) is 2.70. The summed E-state index contributed by atoms with van der Waals surface area (Å²) >= 11 is 0. The third-order valence-corrected chi connectivity index (χ3v) is 3.84. The van der Waals surface area contributed by atoms with Crippen LogP contribution in [0.3, 0.4) is 0 Å². The molecule has 0 bridgehead atoms. The molecule has 0 radical (unpaired) electrons. The molecule has 0 aliphatic carbocycles. The highest BCUT2D eigenvalue weighted by Crippen LogP contribution is 2.16. The number of hydrogen-bond acceptors (Lipinski definition) is 1. The van der Waals surface area contributed by atoms with Crippen LogP contribution in [0.15, 0.2) is 0 Å². The fourth-order valence-corrected chi connectivity index (χ4v) is 2.70. The van der Waals surface area contributed by atoms with E-state index in [4.69, 9.17) is 0 Å². The van der Waals surface area contributed by atoms with E-state index in [1.165, 1.54) is 77.4 Å². The minimum atomic E-state index is 0.953. The zero-order valence-electron chi connectivity index (χ0n) is 11.5. The second-order valence-electron chi connectivity index (χ2n) is 5.67. The quantitative estimate of drug-likeness (QED) is 0.523. The summed E-state index contributed by atoms with van der Waals surface area (Å²) in [5.74, 6) is 0.953. The monoisotopic (exact) mass is 225 g/mol. The largest absolute Gasteiger partial charge is 0.303 e. The van der Waals surface area contributed by atoms with Gasteiger partial charge in [0, 0.05) is 6.54 Å². The Morgan fingerprint density at radius 3 is 2.12 bits per heavy atom. The van der Waals surface area contributed by atoms with Gasteiger partial charge in [-0.1, -0.05) is 58.8 Å². The standard InChI is InChI=1S/C15H31N/c1-3-4-5-6-7-8-9-10-12-16-13-11-15(2)14-16/h15H,3-14H2,1-2H3. The first-order valence-corrected chi connectivity index (χ1v) is 7.55. The molecule has 1 nitrogen and oxygen atoms in total. The van der Waals surface area contributed by atoms with Gasteiger partial charge >= 0.3 is 0 Å². The first-order chi connectivity index (χ1) is 7.83. The maximum atomic E-state index is 2.65. The van der Waals surface area contributed by atoms with Crippen LogP contribution in [0.2, 0.25) is 0 Å². The van der Waals surface area contributed by atoms with Crippen LogP contribution in [0.5, 0.6) is 0 Å². The van der Waals surface area contributed by atoms with Crippen molar-refractivity contribution in [3.63, 3.8) is 0 Å². The van der Waals surface area contributed by atoms with E-state index in [9.17, 15) is 0 Å². The highest BCUT2D eigenvalue weighted by Gasteiger charge is 2.17. The van der Waals surface area contributed by atoms with E-state index < -0.39 is 0 Å². The summed E-state index contributed by atoms with van der Waals surface area (Å²) in [5, 5.41) is 0. The molecule has 1 atom stereocenters. The minimum absolute atomic E-state index is 0.953. The zero-order chi connectivity index (χ0) is 11.6. The van der Waals surface area contributed by atoms with Crippen molar-refractivity contribution < 1.29 is 0 Å². The molecule has 1 fully saturated rings. The predicted octanol–water partition coefficient (Wildman–Crippen LogP) is 4.47. The molecule has 1 aliphatic heterocycles. The first kappa shape index (κ1) is 14.0. The van der Waals surface area contributed by atoms with Gasteiger partial charge in [0.25, 0.3) is 0 Å². The van der Waals surface area contributed by atoms with E-state index in [0.717, 1.165) is 5.92 Å². The third kappa shape index (κ3) is 6.52. The van der Waals surface area contributed by atoms with E-state index >= 15 is 0 Å². The predicted molar refractivity (Wildman–Crippen MR) is 72.8 cm³/mol. The van der Waals surface area contributed by atoms with Crippen LogP contribution in [-0.4, -0.2) is 24.5 Å². The summed E-state index contributed by atoms with van der Waals surface area (Å²) in [6.45, 7) is 8.75. The molecule has 0 aromatic carbocycles. The molecule has 0 N–H and O–H groups in total. The van der Waals surface area contributed by atoms with E-state index in [1.807, 2.05) is 0 Å². The van der Waals surface area contributed by atoms with Crippen LogP contribution in [0.25, 0.3) is 0 Å². The summed E-state index contributed by atoms with van der Waals surface area (Å²) in [7, 11) is 0. The van der Waals surface area contributed by atoms with Crippen molar-refractivity contribution in [3.8, 4) is 0 Å². The molecule has 0 amide bonds. The second-order valence-corrected chi connectivity index (χ2v) is 5.67. The number of rotatable bonds is 9. The van der Waals surface area contributed by atoms with E-state index in [0.29, 0.717) is 0 Å². The average Bonchev–Trinajstić information content (AvgIpc) is 2.68. The zero-order valence-corrected chi connectivity index (χ0v) is 11.5. The Kier molecular flexibility index (Phi) is 7.92. The van der Waals surface area contributed by atoms with Crippen molar-refractivity contribution in [2.24, 2.45) is 5.92 Å². The molecule has 0 aromatic rings. The van der Waals surface area contributed by atoms with Crippen LogP contribution >= 0.6 is 0 Å². The molecule has 96 valence electrons. The molecule has 1 rings (SSSR count). The molecule has 0 saturated carbocycles. The molecular weight excluding hydrogens is 194 g/mol. The van der Waals surface area contributed by atoms with Crippen molar-refractivity contribution in [1.29, 1.82) is 0 Å². The van der Waals surface area contributed by atoms with Gasteiger partial charge in [0.2, 0.25) is 0 Å². The van der Waals surface area contributed by atoms with Crippen molar-refractivity contribution >= 4 is 0 Å². The van der Waals surface area contributed by atoms with Gasteiger partial charge in [-0.2, -0.15) is 0 Å². The van der Waals surface area contributed by atoms with Crippen LogP contribution in [0, 0.1) is 5.92 Å². The maximum Gasteiger partial charge on any atom is 0.000750 e. The number of nitrogens with zero attached hydrogens (tertiary/aromatic N) is 1.